The van der Waals surface area contributed by atoms with Crippen LogP contribution < -0.4 is 0 Å². The summed E-state index contributed by atoms with van der Waals surface area (Å²) in [5, 5.41) is 8.63. The quantitative estimate of drug-likeness (QED) is 0.427. The first-order chi connectivity index (χ1) is 8.03. The zero-order valence-electron chi connectivity index (χ0n) is 9.40. The maximum absolute atomic E-state index is 13.5. The average molecular weight is 237 g/mol. The molecule has 0 amide bonds. The third-order valence-electron chi connectivity index (χ3n) is 2.08. The maximum Gasteiger partial charge on any atom is 0.305 e. The van der Waals surface area contributed by atoms with Crippen LogP contribution in [0.5, 0.6) is 0 Å². The summed E-state index contributed by atoms with van der Waals surface area (Å²) in [5.41, 5.74) is -0.0880. The minimum Gasteiger partial charge on any atom is -0.429 e. The van der Waals surface area contributed by atoms with Crippen molar-refractivity contribution in [3.8, 4) is 6.07 Å². The van der Waals surface area contributed by atoms with Gasteiger partial charge in [0.15, 0.2) is 0 Å². The van der Waals surface area contributed by atoms with Gasteiger partial charge in [-0.2, -0.15) is 5.26 Å². The van der Waals surface area contributed by atoms with E-state index in [1.165, 1.54) is 19.1 Å². The normalized spacial score (nSPS) is 23.1. The van der Waals surface area contributed by atoms with Crippen LogP contribution in [0.4, 0.5) is 4.39 Å². The molecule has 0 fully saturated rings. The first-order valence-corrected chi connectivity index (χ1v) is 4.96. The van der Waals surface area contributed by atoms with Crippen LogP contribution in [-0.4, -0.2) is 18.4 Å². The van der Waals surface area contributed by atoms with Crippen LogP contribution >= 0.6 is 0 Å². The standard InChI is InChI=1S/C12H12FNO3/c1-3-6-16-12(17-9(2)15)5-4-10(8-14)11(13)7-12/h3-4,7H,1,5-6H2,2H3. The van der Waals surface area contributed by atoms with Crippen LogP contribution in [0.15, 0.2) is 36.2 Å². The Morgan fingerprint density at radius 3 is 3.00 bits per heavy atom. The summed E-state index contributed by atoms with van der Waals surface area (Å²) in [5.74, 6) is -2.83. The lowest BCUT2D eigenvalue weighted by Gasteiger charge is -2.30. The van der Waals surface area contributed by atoms with E-state index < -0.39 is 17.6 Å². The summed E-state index contributed by atoms with van der Waals surface area (Å²) < 4.78 is 23.7. The third-order valence-corrected chi connectivity index (χ3v) is 2.08. The van der Waals surface area contributed by atoms with Gasteiger partial charge in [0.1, 0.15) is 11.9 Å². The molecule has 1 atom stereocenters. The second-order valence-electron chi connectivity index (χ2n) is 3.43. The van der Waals surface area contributed by atoms with Gasteiger partial charge >= 0.3 is 5.97 Å². The first-order valence-electron chi connectivity index (χ1n) is 4.96. The van der Waals surface area contributed by atoms with Crippen molar-refractivity contribution >= 4 is 5.97 Å². The molecule has 0 saturated heterocycles. The number of esters is 1. The number of hydrogen-bond acceptors (Lipinski definition) is 4. The van der Waals surface area contributed by atoms with Crippen molar-refractivity contribution in [1.29, 1.82) is 5.26 Å². The molecule has 0 bridgehead atoms. The monoisotopic (exact) mass is 237 g/mol. The van der Waals surface area contributed by atoms with Crippen LogP contribution in [0, 0.1) is 11.3 Å². The fraction of sp³-hybridized carbons (Fsp3) is 0.333. The summed E-state index contributed by atoms with van der Waals surface area (Å²) in [7, 11) is 0. The molecule has 1 aliphatic rings. The first kappa shape index (κ1) is 13.1. The number of carbonyl (C=O) groups is 1. The van der Waals surface area contributed by atoms with Gasteiger partial charge in [0.05, 0.1) is 12.2 Å². The Labute approximate surface area is 98.6 Å². The molecule has 5 heteroatoms. The van der Waals surface area contributed by atoms with Crippen molar-refractivity contribution in [2.75, 3.05) is 6.61 Å². The van der Waals surface area contributed by atoms with Crippen molar-refractivity contribution in [3.63, 3.8) is 0 Å². The highest BCUT2D eigenvalue weighted by Gasteiger charge is 2.35. The predicted octanol–water partition coefficient (Wildman–Crippen LogP) is 2.16. The fourth-order valence-electron chi connectivity index (χ4n) is 1.42. The van der Waals surface area contributed by atoms with Crippen molar-refractivity contribution in [2.45, 2.75) is 19.1 Å². The second-order valence-corrected chi connectivity index (χ2v) is 3.43. The van der Waals surface area contributed by atoms with Crippen molar-refractivity contribution < 1.29 is 18.7 Å². The SMILES string of the molecule is C=CCOC1(OC(C)=O)C=C(F)C(C#N)=CC1. The van der Waals surface area contributed by atoms with Crippen LogP contribution in [0.2, 0.25) is 0 Å². The molecule has 1 unspecified atom stereocenters. The van der Waals surface area contributed by atoms with E-state index in [4.69, 9.17) is 14.7 Å². The maximum atomic E-state index is 13.5. The molecule has 1 aliphatic carbocycles. The number of ether oxygens (including phenoxy) is 2. The summed E-state index contributed by atoms with van der Waals surface area (Å²) in [6.07, 6.45) is 3.88. The molecule has 1 rings (SSSR count). The molecule has 0 aliphatic heterocycles. The summed E-state index contributed by atoms with van der Waals surface area (Å²) in [4.78, 5) is 11.0. The van der Waals surface area contributed by atoms with Crippen LogP contribution in [-0.2, 0) is 14.3 Å². The highest BCUT2D eigenvalue weighted by molar-refractivity contribution is 5.67. The molecule has 4 nitrogen and oxygen atoms in total. The molecular formula is C12H12FNO3. The largest absolute Gasteiger partial charge is 0.429 e. The average Bonchev–Trinajstić information content (AvgIpc) is 2.26. The fourth-order valence-corrected chi connectivity index (χ4v) is 1.42. The lowest BCUT2D eigenvalue weighted by molar-refractivity contribution is -0.203. The summed E-state index contributed by atoms with van der Waals surface area (Å²) in [6.45, 7) is 4.76. The zero-order chi connectivity index (χ0) is 12.9. The van der Waals surface area contributed by atoms with Gasteiger partial charge in [-0.15, -0.1) is 6.58 Å². The van der Waals surface area contributed by atoms with Gasteiger partial charge in [0.2, 0.25) is 5.79 Å². The Kier molecular flexibility index (Phi) is 4.18. The molecule has 90 valence electrons. The minimum atomic E-state index is -1.48. The molecule has 0 saturated carbocycles. The van der Waals surface area contributed by atoms with Gasteiger partial charge < -0.3 is 9.47 Å². The number of hydrogen-bond donors (Lipinski definition) is 0. The summed E-state index contributed by atoms with van der Waals surface area (Å²) >= 11 is 0. The number of nitrogens with zero attached hydrogens (tertiary/aromatic N) is 1. The molecule has 0 heterocycles. The van der Waals surface area contributed by atoms with Gasteiger partial charge in [-0.3, -0.25) is 4.79 Å². The lowest BCUT2D eigenvalue weighted by atomic mass is 10.0. The summed E-state index contributed by atoms with van der Waals surface area (Å²) in [6, 6.07) is 1.70. The van der Waals surface area contributed by atoms with Crippen molar-refractivity contribution in [1.82, 2.24) is 0 Å². The van der Waals surface area contributed by atoms with Crippen LogP contribution in [0.25, 0.3) is 0 Å². The van der Waals surface area contributed by atoms with E-state index in [0.29, 0.717) is 0 Å². The molecule has 0 N–H and O–H groups in total. The highest BCUT2D eigenvalue weighted by atomic mass is 19.1. The van der Waals surface area contributed by atoms with E-state index in [0.717, 1.165) is 6.08 Å². The molecule has 0 radical (unpaired) electrons. The van der Waals surface area contributed by atoms with E-state index >= 15 is 0 Å². The van der Waals surface area contributed by atoms with E-state index in [1.807, 2.05) is 0 Å². The number of halogens is 1. The molecule has 0 spiro atoms. The van der Waals surface area contributed by atoms with Gasteiger partial charge in [0.25, 0.3) is 0 Å². The number of carbonyl (C=O) groups excluding carboxylic acids is 1. The topological polar surface area (TPSA) is 59.3 Å². The molecule has 17 heavy (non-hydrogen) atoms. The number of allylic oxidation sites excluding steroid dienone is 2. The Hall–Kier alpha value is -1.93. The van der Waals surface area contributed by atoms with Crippen LogP contribution in [0.3, 0.4) is 0 Å². The Morgan fingerprint density at radius 2 is 2.53 bits per heavy atom. The third kappa shape index (κ3) is 3.26. The smallest absolute Gasteiger partial charge is 0.305 e. The number of rotatable bonds is 4. The lowest BCUT2D eigenvalue weighted by Crippen LogP contribution is -2.37. The van der Waals surface area contributed by atoms with Crippen molar-refractivity contribution in [3.05, 3.63) is 36.2 Å². The van der Waals surface area contributed by atoms with E-state index in [-0.39, 0.29) is 18.6 Å². The predicted molar refractivity (Wildman–Crippen MR) is 58.2 cm³/mol. The zero-order valence-corrected chi connectivity index (χ0v) is 9.40. The van der Waals surface area contributed by atoms with Crippen LogP contribution in [0.1, 0.15) is 13.3 Å². The van der Waals surface area contributed by atoms with Gasteiger partial charge in [-0.1, -0.05) is 12.2 Å². The highest BCUT2D eigenvalue weighted by Crippen LogP contribution is 2.31. The Bertz CT molecular complexity index is 434. The molecule has 0 aromatic rings. The van der Waals surface area contributed by atoms with Gasteiger partial charge in [-0.25, -0.2) is 4.39 Å². The van der Waals surface area contributed by atoms with E-state index in [2.05, 4.69) is 6.58 Å². The Morgan fingerprint density at radius 1 is 1.82 bits per heavy atom. The molecular weight excluding hydrogens is 225 g/mol. The Balaban J connectivity index is 2.95. The van der Waals surface area contributed by atoms with Gasteiger partial charge in [-0.05, 0) is 0 Å². The van der Waals surface area contributed by atoms with Gasteiger partial charge in [0, 0.05) is 19.4 Å². The van der Waals surface area contributed by atoms with E-state index in [1.54, 1.807) is 6.07 Å². The number of nitriles is 1. The molecule has 0 aromatic carbocycles. The molecule has 0 aromatic heterocycles. The minimum absolute atomic E-state index is 0.0880. The van der Waals surface area contributed by atoms with Crippen molar-refractivity contribution in [2.24, 2.45) is 0 Å². The second kappa shape index (κ2) is 5.41. The van der Waals surface area contributed by atoms with E-state index in [9.17, 15) is 9.18 Å².